The van der Waals surface area contributed by atoms with Gasteiger partial charge in [0.15, 0.2) is 0 Å². The minimum Gasteiger partial charge on any atom is -0.496 e. The van der Waals surface area contributed by atoms with E-state index in [0.29, 0.717) is 36.8 Å². The molecule has 0 saturated heterocycles. The second-order valence-corrected chi connectivity index (χ2v) is 6.72. The molecular weight excluding hydrogens is 334 g/mol. The van der Waals surface area contributed by atoms with Gasteiger partial charge in [-0.2, -0.15) is 0 Å². The zero-order valence-corrected chi connectivity index (χ0v) is 16.1. The molecule has 0 spiro atoms. The third-order valence-electron chi connectivity index (χ3n) is 4.74. The Balaban J connectivity index is 2.24. The summed E-state index contributed by atoms with van der Waals surface area (Å²) in [7, 11) is 1.49. The molecule has 6 nitrogen and oxygen atoms in total. The van der Waals surface area contributed by atoms with Crippen LogP contribution in [0.2, 0.25) is 0 Å². The van der Waals surface area contributed by atoms with Crippen LogP contribution >= 0.6 is 0 Å². The topological polar surface area (TPSA) is 73.9 Å². The van der Waals surface area contributed by atoms with E-state index < -0.39 is 11.6 Å². The fraction of sp³-hybridized carbons (Fsp3) is 0.600. The standard InChI is InChI=1S/C20H29NO5/c1-5-25-18(22)16-12-15(9-10-17(16)24-4)21-19(23)20(26-6-2)11-7-8-14(3)13-20/h9-10,12,14H,5-8,11,13H2,1-4H3,(H,21,23). The Kier molecular flexibility index (Phi) is 7.03. The van der Waals surface area contributed by atoms with Crippen LogP contribution in [0.15, 0.2) is 18.2 Å². The highest BCUT2D eigenvalue weighted by Crippen LogP contribution is 2.36. The molecule has 6 heteroatoms. The second-order valence-electron chi connectivity index (χ2n) is 6.72. The van der Waals surface area contributed by atoms with Gasteiger partial charge in [0.1, 0.15) is 16.9 Å². The van der Waals surface area contributed by atoms with Crippen molar-refractivity contribution in [3.63, 3.8) is 0 Å². The van der Waals surface area contributed by atoms with Crippen LogP contribution in [0.4, 0.5) is 5.69 Å². The minimum atomic E-state index is -0.809. The number of carbonyl (C=O) groups is 2. The normalized spacial score (nSPS) is 22.5. The van der Waals surface area contributed by atoms with E-state index in [1.54, 1.807) is 25.1 Å². The SMILES string of the molecule is CCOC(=O)c1cc(NC(=O)C2(OCC)CCCC(C)C2)ccc1OC. The van der Waals surface area contributed by atoms with Gasteiger partial charge in [-0.25, -0.2) is 4.79 Å². The van der Waals surface area contributed by atoms with Crippen LogP contribution in [0, 0.1) is 5.92 Å². The van der Waals surface area contributed by atoms with Gasteiger partial charge >= 0.3 is 5.97 Å². The number of benzene rings is 1. The summed E-state index contributed by atoms with van der Waals surface area (Å²) in [6.07, 6.45) is 3.48. The van der Waals surface area contributed by atoms with Crippen LogP contribution in [0.1, 0.15) is 56.8 Å². The lowest BCUT2D eigenvalue weighted by Crippen LogP contribution is -2.48. The maximum Gasteiger partial charge on any atom is 0.341 e. The molecule has 1 amide bonds. The first-order valence-corrected chi connectivity index (χ1v) is 9.26. The first-order chi connectivity index (χ1) is 12.5. The minimum absolute atomic E-state index is 0.161. The molecule has 0 bridgehead atoms. The number of rotatable bonds is 7. The summed E-state index contributed by atoms with van der Waals surface area (Å²) in [6.45, 7) is 6.54. The van der Waals surface area contributed by atoms with E-state index in [1.165, 1.54) is 7.11 Å². The number of esters is 1. The van der Waals surface area contributed by atoms with Crippen LogP contribution in [0.3, 0.4) is 0 Å². The average Bonchev–Trinajstić information content (AvgIpc) is 2.62. The van der Waals surface area contributed by atoms with Crippen molar-refractivity contribution in [3.05, 3.63) is 23.8 Å². The van der Waals surface area contributed by atoms with E-state index in [2.05, 4.69) is 12.2 Å². The lowest BCUT2D eigenvalue weighted by Gasteiger charge is -2.38. The van der Waals surface area contributed by atoms with E-state index in [-0.39, 0.29) is 18.1 Å². The number of anilines is 1. The number of ether oxygens (including phenoxy) is 3. The molecule has 0 aliphatic heterocycles. The van der Waals surface area contributed by atoms with Gasteiger partial charge in [-0.1, -0.05) is 13.3 Å². The summed E-state index contributed by atoms with van der Waals surface area (Å²) in [5.74, 6) is 0.205. The fourth-order valence-corrected chi connectivity index (χ4v) is 3.58. The lowest BCUT2D eigenvalue weighted by atomic mass is 9.78. The zero-order chi connectivity index (χ0) is 19.2. The molecule has 0 aromatic heterocycles. The number of hydrogen-bond acceptors (Lipinski definition) is 5. The van der Waals surface area contributed by atoms with Gasteiger partial charge in [-0.3, -0.25) is 4.79 Å². The summed E-state index contributed by atoms with van der Waals surface area (Å²) in [5.41, 5.74) is 0.00182. The molecule has 1 aromatic carbocycles. The summed E-state index contributed by atoms with van der Waals surface area (Å²) < 4.78 is 16.2. The molecule has 1 aromatic rings. The Morgan fingerprint density at radius 3 is 2.65 bits per heavy atom. The Labute approximate surface area is 155 Å². The Morgan fingerprint density at radius 2 is 2.04 bits per heavy atom. The van der Waals surface area contributed by atoms with Gasteiger partial charge in [0.25, 0.3) is 5.91 Å². The summed E-state index contributed by atoms with van der Waals surface area (Å²) in [5, 5.41) is 2.92. The van der Waals surface area contributed by atoms with Crippen molar-refractivity contribution in [1.82, 2.24) is 0 Å². The third kappa shape index (κ3) is 4.55. The molecule has 0 heterocycles. The number of carbonyl (C=O) groups excluding carboxylic acids is 2. The Morgan fingerprint density at radius 1 is 1.27 bits per heavy atom. The van der Waals surface area contributed by atoms with Crippen molar-refractivity contribution in [2.75, 3.05) is 25.6 Å². The molecule has 1 N–H and O–H groups in total. The number of amides is 1. The monoisotopic (exact) mass is 363 g/mol. The van der Waals surface area contributed by atoms with Gasteiger partial charge in [0.05, 0.1) is 13.7 Å². The van der Waals surface area contributed by atoms with E-state index in [9.17, 15) is 9.59 Å². The molecule has 144 valence electrons. The highest BCUT2D eigenvalue weighted by Gasteiger charge is 2.42. The molecular formula is C20H29NO5. The van der Waals surface area contributed by atoms with Gasteiger partial charge in [0, 0.05) is 12.3 Å². The van der Waals surface area contributed by atoms with E-state index >= 15 is 0 Å². The smallest absolute Gasteiger partial charge is 0.341 e. The molecule has 1 saturated carbocycles. The van der Waals surface area contributed by atoms with Crippen molar-refractivity contribution >= 4 is 17.6 Å². The first kappa shape index (κ1) is 20.2. The van der Waals surface area contributed by atoms with Crippen molar-refractivity contribution in [2.45, 2.75) is 52.1 Å². The van der Waals surface area contributed by atoms with Crippen molar-refractivity contribution in [1.29, 1.82) is 0 Å². The van der Waals surface area contributed by atoms with Gasteiger partial charge in [-0.15, -0.1) is 0 Å². The first-order valence-electron chi connectivity index (χ1n) is 9.26. The largest absolute Gasteiger partial charge is 0.496 e. The Bertz CT molecular complexity index is 641. The molecule has 1 aliphatic rings. The second kappa shape index (κ2) is 9.03. The highest BCUT2D eigenvalue weighted by molar-refractivity contribution is 5.99. The maximum atomic E-state index is 13.0. The van der Waals surface area contributed by atoms with Crippen molar-refractivity contribution in [2.24, 2.45) is 5.92 Å². The van der Waals surface area contributed by atoms with Gasteiger partial charge in [-0.05, 0) is 57.2 Å². The summed E-state index contributed by atoms with van der Waals surface area (Å²) >= 11 is 0. The zero-order valence-electron chi connectivity index (χ0n) is 16.1. The van der Waals surface area contributed by atoms with Crippen LogP contribution in [0.5, 0.6) is 5.75 Å². The molecule has 2 rings (SSSR count). The number of nitrogens with one attached hydrogen (secondary N) is 1. The highest BCUT2D eigenvalue weighted by atomic mass is 16.5. The van der Waals surface area contributed by atoms with E-state index in [4.69, 9.17) is 14.2 Å². The Hall–Kier alpha value is -2.08. The molecule has 26 heavy (non-hydrogen) atoms. The predicted molar refractivity (Wildman–Crippen MR) is 99.6 cm³/mol. The van der Waals surface area contributed by atoms with Crippen LogP contribution in [-0.4, -0.2) is 37.8 Å². The fourth-order valence-electron chi connectivity index (χ4n) is 3.58. The summed E-state index contributed by atoms with van der Waals surface area (Å²) in [6, 6.07) is 4.95. The molecule has 2 atom stereocenters. The molecule has 0 radical (unpaired) electrons. The number of hydrogen-bond donors (Lipinski definition) is 1. The quantitative estimate of drug-likeness (QED) is 0.746. The molecule has 2 unspecified atom stereocenters. The van der Waals surface area contributed by atoms with Crippen LogP contribution in [-0.2, 0) is 14.3 Å². The van der Waals surface area contributed by atoms with Gasteiger partial charge in [0.2, 0.25) is 0 Å². The van der Waals surface area contributed by atoms with E-state index in [1.807, 2.05) is 6.92 Å². The maximum absolute atomic E-state index is 13.0. The predicted octanol–water partition coefficient (Wildman–Crippen LogP) is 3.80. The lowest BCUT2D eigenvalue weighted by molar-refractivity contribution is -0.147. The molecule has 1 aliphatic carbocycles. The average molecular weight is 363 g/mol. The summed E-state index contributed by atoms with van der Waals surface area (Å²) in [4.78, 5) is 25.1. The van der Waals surface area contributed by atoms with Crippen molar-refractivity contribution < 1.29 is 23.8 Å². The van der Waals surface area contributed by atoms with Crippen LogP contribution < -0.4 is 10.1 Å². The van der Waals surface area contributed by atoms with Gasteiger partial charge < -0.3 is 19.5 Å². The molecule has 1 fully saturated rings. The van der Waals surface area contributed by atoms with Crippen LogP contribution in [0.25, 0.3) is 0 Å². The van der Waals surface area contributed by atoms with Crippen molar-refractivity contribution in [3.8, 4) is 5.75 Å². The van der Waals surface area contributed by atoms with E-state index in [0.717, 1.165) is 12.8 Å². The third-order valence-corrected chi connectivity index (χ3v) is 4.74. The number of methoxy groups -OCH3 is 1.